The molecule has 1 N–H and O–H groups in total. The highest BCUT2D eigenvalue weighted by Gasteiger charge is 2.03. The van der Waals surface area contributed by atoms with Crippen LogP contribution >= 0.6 is 0 Å². The Labute approximate surface area is 121 Å². The van der Waals surface area contributed by atoms with Gasteiger partial charge in [0.25, 0.3) is 0 Å². The van der Waals surface area contributed by atoms with Crippen LogP contribution in [0, 0.1) is 0 Å². The first-order valence-corrected chi connectivity index (χ1v) is 6.22. The molecule has 0 bridgehead atoms. The van der Waals surface area contributed by atoms with Crippen molar-refractivity contribution in [2.45, 2.75) is 0 Å². The van der Waals surface area contributed by atoms with Gasteiger partial charge in [0.2, 0.25) is 0 Å². The molecule has 0 fully saturated rings. The summed E-state index contributed by atoms with van der Waals surface area (Å²) < 4.78 is 4.99. The molecule has 0 amide bonds. The molecule has 0 saturated carbocycles. The molecule has 106 valence electrons. The zero-order chi connectivity index (χ0) is 15.1. The second kappa shape index (κ2) is 7.00. The Balaban J connectivity index is 2.00. The van der Waals surface area contributed by atoms with Gasteiger partial charge < -0.3 is 9.84 Å². The third kappa shape index (κ3) is 4.58. The Morgan fingerprint density at radius 1 is 1.19 bits per heavy atom. The summed E-state index contributed by atoms with van der Waals surface area (Å²) in [7, 11) is 0. The van der Waals surface area contributed by atoms with Crippen molar-refractivity contribution in [1.29, 1.82) is 0 Å². The molecule has 1 heterocycles. The summed E-state index contributed by atoms with van der Waals surface area (Å²) >= 11 is 0. The average molecular weight is 283 g/mol. The Morgan fingerprint density at radius 3 is 2.57 bits per heavy atom. The number of carbonyl (C=O) groups is 2. The molecule has 1 aromatic heterocycles. The van der Waals surface area contributed by atoms with Gasteiger partial charge in [0.1, 0.15) is 5.75 Å². The fourth-order valence-electron chi connectivity index (χ4n) is 1.60. The van der Waals surface area contributed by atoms with Crippen LogP contribution in [0.25, 0.3) is 6.08 Å². The van der Waals surface area contributed by atoms with E-state index in [-0.39, 0.29) is 5.78 Å². The number of hydrogen-bond donors (Lipinski definition) is 1. The number of ketones is 1. The molecule has 5 nitrogen and oxygen atoms in total. The number of aromatic nitrogens is 1. The number of carboxylic acids is 1. The molecule has 0 aliphatic rings. The highest BCUT2D eigenvalue weighted by Crippen LogP contribution is 2.13. The van der Waals surface area contributed by atoms with Crippen LogP contribution in [0.3, 0.4) is 0 Å². The first-order chi connectivity index (χ1) is 10.1. The van der Waals surface area contributed by atoms with Crippen LogP contribution in [0.15, 0.2) is 54.9 Å². The molecule has 0 atom stereocenters. The van der Waals surface area contributed by atoms with Gasteiger partial charge in [-0.3, -0.25) is 9.78 Å². The first-order valence-electron chi connectivity index (χ1n) is 6.22. The van der Waals surface area contributed by atoms with Crippen LogP contribution in [0.5, 0.6) is 5.75 Å². The summed E-state index contributed by atoms with van der Waals surface area (Å²) in [6, 6.07) is 9.95. The molecule has 5 heteroatoms. The van der Waals surface area contributed by atoms with E-state index in [1.165, 1.54) is 6.08 Å². The number of carboxylic acid groups (broad SMARTS) is 1. The van der Waals surface area contributed by atoms with Crippen LogP contribution in [0.1, 0.15) is 15.9 Å². The van der Waals surface area contributed by atoms with Crippen LogP contribution in [0.2, 0.25) is 0 Å². The highest BCUT2D eigenvalue weighted by molar-refractivity contribution is 6.06. The molecule has 0 aliphatic carbocycles. The molecule has 21 heavy (non-hydrogen) atoms. The minimum atomic E-state index is -1.05. The van der Waals surface area contributed by atoms with Gasteiger partial charge in [0.15, 0.2) is 12.4 Å². The molecule has 2 rings (SSSR count). The van der Waals surface area contributed by atoms with Gasteiger partial charge in [-0.2, -0.15) is 0 Å². The maximum absolute atomic E-state index is 12.0. The van der Waals surface area contributed by atoms with Crippen molar-refractivity contribution in [3.63, 3.8) is 0 Å². The molecule has 0 aliphatic heterocycles. The fraction of sp³-hybridized carbons (Fsp3) is 0.0625. The number of nitrogens with zero attached hydrogens (tertiary/aromatic N) is 1. The van der Waals surface area contributed by atoms with Gasteiger partial charge in [-0.25, -0.2) is 4.79 Å². The molecule has 0 unspecified atom stereocenters. The molecule has 0 radical (unpaired) electrons. The minimum absolute atomic E-state index is 0.149. The summed E-state index contributed by atoms with van der Waals surface area (Å²) in [4.78, 5) is 26.3. The van der Waals surface area contributed by atoms with Crippen molar-refractivity contribution >= 4 is 17.8 Å². The van der Waals surface area contributed by atoms with Gasteiger partial charge in [-0.15, -0.1) is 0 Å². The smallest absolute Gasteiger partial charge is 0.341 e. The van der Waals surface area contributed by atoms with Gasteiger partial charge in [-0.05, 0) is 48.0 Å². The quantitative estimate of drug-likeness (QED) is 0.651. The third-order valence-corrected chi connectivity index (χ3v) is 2.61. The second-order valence-corrected chi connectivity index (χ2v) is 4.19. The summed E-state index contributed by atoms with van der Waals surface area (Å²) in [6.07, 6.45) is 6.47. The van der Waals surface area contributed by atoms with E-state index in [4.69, 9.17) is 9.84 Å². The van der Waals surface area contributed by atoms with Gasteiger partial charge in [0, 0.05) is 18.0 Å². The number of ether oxygens (including phenoxy) is 1. The zero-order valence-electron chi connectivity index (χ0n) is 11.1. The predicted octanol–water partition coefficient (Wildman–Crippen LogP) is 2.44. The first kappa shape index (κ1) is 14.5. The van der Waals surface area contributed by atoms with E-state index in [0.717, 1.165) is 5.56 Å². The Morgan fingerprint density at radius 2 is 1.95 bits per heavy atom. The normalized spacial score (nSPS) is 10.5. The van der Waals surface area contributed by atoms with Crippen LogP contribution in [-0.4, -0.2) is 28.4 Å². The molecule has 2 aromatic rings. The lowest BCUT2D eigenvalue weighted by Crippen LogP contribution is -2.09. The highest BCUT2D eigenvalue weighted by atomic mass is 16.5. The van der Waals surface area contributed by atoms with Crippen molar-refractivity contribution in [2.75, 3.05) is 6.61 Å². The second-order valence-electron chi connectivity index (χ2n) is 4.19. The standard InChI is InChI=1S/C16H13NO4/c18-15(8-3-12-2-1-9-17-10-12)13-4-6-14(7-5-13)21-11-16(19)20/h1-10H,11H2,(H,19,20). The Kier molecular flexibility index (Phi) is 4.82. The molecule has 0 saturated heterocycles. The molecular weight excluding hydrogens is 270 g/mol. The van der Waals surface area contributed by atoms with E-state index >= 15 is 0 Å². The lowest BCUT2D eigenvalue weighted by atomic mass is 10.1. The number of carbonyl (C=O) groups excluding carboxylic acids is 1. The lowest BCUT2D eigenvalue weighted by Gasteiger charge is -2.03. The van der Waals surface area contributed by atoms with Crippen molar-refractivity contribution in [2.24, 2.45) is 0 Å². The van der Waals surface area contributed by atoms with Gasteiger partial charge in [-0.1, -0.05) is 6.07 Å². The number of hydrogen-bond acceptors (Lipinski definition) is 4. The van der Waals surface area contributed by atoms with E-state index < -0.39 is 12.6 Å². The number of allylic oxidation sites excluding steroid dienone is 1. The minimum Gasteiger partial charge on any atom is -0.482 e. The van der Waals surface area contributed by atoms with E-state index in [0.29, 0.717) is 11.3 Å². The average Bonchev–Trinajstić information content (AvgIpc) is 2.52. The monoisotopic (exact) mass is 283 g/mol. The summed E-state index contributed by atoms with van der Waals surface area (Å²) in [5.74, 6) is -0.789. The summed E-state index contributed by atoms with van der Waals surface area (Å²) in [5.41, 5.74) is 1.34. The summed E-state index contributed by atoms with van der Waals surface area (Å²) in [6.45, 7) is -0.409. The molecule has 1 aromatic carbocycles. The van der Waals surface area contributed by atoms with Gasteiger partial charge in [0.05, 0.1) is 0 Å². The van der Waals surface area contributed by atoms with E-state index in [2.05, 4.69) is 4.98 Å². The number of pyridine rings is 1. The SMILES string of the molecule is O=C(O)COc1ccc(C(=O)C=Cc2cccnc2)cc1. The fourth-order valence-corrected chi connectivity index (χ4v) is 1.60. The number of aliphatic carboxylic acids is 1. The largest absolute Gasteiger partial charge is 0.482 e. The number of rotatable bonds is 6. The van der Waals surface area contributed by atoms with Crippen molar-refractivity contribution < 1.29 is 19.4 Å². The van der Waals surface area contributed by atoms with Crippen molar-refractivity contribution in [3.05, 3.63) is 66.0 Å². The van der Waals surface area contributed by atoms with Crippen LogP contribution in [-0.2, 0) is 4.79 Å². The maximum Gasteiger partial charge on any atom is 0.341 e. The van der Waals surface area contributed by atoms with Crippen LogP contribution < -0.4 is 4.74 Å². The third-order valence-electron chi connectivity index (χ3n) is 2.61. The van der Waals surface area contributed by atoms with E-state index in [9.17, 15) is 9.59 Å². The zero-order valence-corrected chi connectivity index (χ0v) is 11.1. The predicted molar refractivity (Wildman–Crippen MR) is 77.2 cm³/mol. The van der Waals surface area contributed by atoms with Crippen LogP contribution in [0.4, 0.5) is 0 Å². The Hall–Kier alpha value is -2.95. The van der Waals surface area contributed by atoms with E-state index in [1.807, 2.05) is 6.07 Å². The molecule has 0 spiro atoms. The van der Waals surface area contributed by atoms with E-state index in [1.54, 1.807) is 48.8 Å². The Bertz CT molecular complexity index is 648. The molecular formula is C16H13NO4. The lowest BCUT2D eigenvalue weighted by molar-refractivity contribution is -0.139. The van der Waals surface area contributed by atoms with Gasteiger partial charge >= 0.3 is 5.97 Å². The number of benzene rings is 1. The summed E-state index contributed by atoms with van der Waals surface area (Å²) in [5, 5.41) is 8.50. The topological polar surface area (TPSA) is 76.5 Å². The maximum atomic E-state index is 12.0. The van der Waals surface area contributed by atoms with Crippen molar-refractivity contribution in [3.8, 4) is 5.75 Å². The van der Waals surface area contributed by atoms with Crippen molar-refractivity contribution in [1.82, 2.24) is 4.98 Å².